The molecule has 0 aromatic rings. The van der Waals surface area contributed by atoms with Gasteiger partial charge in [-0.15, -0.1) is 0 Å². The van der Waals surface area contributed by atoms with Crippen LogP contribution in [0.15, 0.2) is 0 Å². The molecule has 0 aromatic carbocycles. The molecule has 0 rings (SSSR count). The van der Waals surface area contributed by atoms with Crippen LogP contribution in [0.1, 0.15) is 20.3 Å². The highest BCUT2D eigenvalue weighted by molar-refractivity contribution is 7.09. The first-order chi connectivity index (χ1) is 5.74. The van der Waals surface area contributed by atoms with Gasteiger partial charge in [0.15, 0.2) is 0 Å². The number of ether oxygens (including phenoxy) is 1. The van der Waals surface area contributed by atoms with E-state index in [1.165, 1.54) is 0 Å². The maximum absolute atomic E-state index is 5.59. The first-order valence-electron chi connectivity index (χ1n) is 4.00. The highest BCUT2D eigenvalue weighted by Gasteiger charge is 2.10. The highest BCUT2D eigenvalue weighted by Crippen LogP contribution is 2.04. The van der Waals surface area contributed by atoms with Crippen molar-refractivity contribution in [1.82, 2.24) is 0 Å². The zero-order chi connectivity index (χ0) is 9.40. The molecule has 0 aliphatic heterocycles. The van der Waals surface area contributed by atoms with Crippen LogP contribution in [0.25, 0.3) is 0 Å². The fourth-order valence-corrected chi connectivity index (χ4v) is 1.31. The maximum atomic E-state index is 5.59. The Morgan fingerprint density at radius 1 is 1.42 bits per heavy atom. The van der Waals surface area contributed by atoms with Crippen molar-refractivity contribution in [1.29, 1.82) is 0 Å². The molecule has 0 aromatic heterocycles. The summed E-state index contributed by atoms with van der Waals surface area (Å²) in [7, 11) is 5.16. The molecule has 0 bridgehead atoms. The zero-order valence-electron chi connectivity index (χ0n) is 7.58. The van der Waals surface area contributed by atoms with Gasteiger partial charge < -0.3 is 13.7 Å². The van der Waals surface area contributed by atoms with E-state index in [0.29, 0.717) is 13.2 Å². The van der Waals surface area contributed by atoms with Crippen molar-refractivity contribution in [2.24, 2.45) is 0 Å². The molecule has 12 heavy (non-hydrogen) atoms. The maximum Gasteiger partial charge on any atom is 0.246 e. The number of hydrogen-bond acceptors (Lipinski definition) is 3. The average molecular weight is 207 g/mol. The van der Waals surface area contributed by atoms with Gasteiger partial charge in [0.1, 0.15) is 0 Å². The SMILES string of the molecule is CC[C@H](CO[Si])O[C@H](C)COP. The van der Waals surface area contributed by atoms with E-state index < -0.39 is 0 Å². The van der Waals surface area contributed by atoms with Gasteiger partial charge in [0.05, 0.1) is 25.4 Å². The minimum Gasteiger partial charge on any atom is -0.416 e. The first kappa shape index (κ1) is 12.5. The van der Waals surface area contributed by atoms with Crippen molar-refractivity contribution in [3.05, 3.63) is 0 Å². The van der Waals surface area contributed by atoms with Crippen molar-refractivity contribution < 1.29 is 13.7 Å². The fraction of sp³-hybridized carbons (Fsp3) is 1.00. The topological polar surface area (TPSA) is 27.7 Å². The predicted molar refractivity (Wildman–Crippen MR) is 52.0 cm³/mol. The summed E-state index contributed by atoms with van der Waals surface area (Å²) in [4.78, 5) is 0. The quantitative estimate of drug-likeness (QED) is 0.462. The second-order valence-electron chi connectivity index (χ2n) is 2.62. The molecule has 1 unspecified atom stereocenters. The van der Waals surface area contributed by atoms with Gasteiger partial charge in [0, 0.05) is 9.47 Å². The molecule has 0 fully saturated rings. The van der Waals surface area contributed by atoms with E-state index in [-0.39, 0.29) is 12.2 Å². The molecule has 3 atom stereocenters. The third kappa shape index (κ3) is 6.09. The van der Waals surface area contributed by atoms with Gasteiger partial charge in [-0.3, -0.25) is 0 Å². The van der Waals surface area contributed by atoms with Crippen LogP contribution in [0.2, 0.25) is 0 Å². The lowest BCUT2D eigenvalue weighted by molar-refractivity contribution is -0.0407. The number of hydrogen-bond donors (Lipinski definition) is 0. The summed E-state index contributed by atoms with van der Waals surface area (Å²) < 4.78 is 15.3. The summed E-state index contributed by atoms with van der Waals surface area (Å²) in [6, 6.07) is 0. The molecular weight excluding hydrogens is 191 g/mol. The van der Waals surface area contributed by atoms with E-state index in [2.05, 4.69) is 26.9 Å². The lowest BCUT2D eigenvalue weighted by atomic mass is 10.3. The van der Waals surface area contributed by atoms with Crippen molar-refractivity contribution in [3.63, 3.8) is 0 Å². The largest absolute Gasteiger partial charge is 0.416 e. The van der Waals surface area contributed by atoms with Crippen molar-refractivity contribution in [2.45, 2.75) is 32.5 Å². The summed E-state index contributed by atoms with van der Waals surface area (Å²) >= 11 is 0. The molecule has 0 spiro atoms. The van der Waals surface area contributed by atoms with E-state index in [1.807, 2.05) is 6.92 Å². The van der Waals surface area contributed by atoms with Crippen LogP contribution in [0.5, 0.6) is 0 Å². The second-order valence-corrected chi connectivity index (χ2v) is 3.24. The van der Waals surface area contributed by atoms with Gasteiger partial charge in [-0.05, 0) is 13.3 Å². The monoisotopic (exact) mass is 207 g/mol. The van der Waals surface area contributed by atoms with E-state index in [1.54, 1.807) is 0 Å². The Morgan fingerprint density at radius 2 is 2.08 bits per heavy atom. The summed E-state index contributed by atoms with van der Waals surface area (Å²) in [5.74, 6) is 0. The zero-order valence-corrected chi connectivity index (χ0v) is 9.73. The molecule has 0 saturated carbocycles. The highest BCUT2D eigenvalue weighted by atomic mass is 31.0. The van der Waals surface area contributed by atoms with E-state index >= 15 is 0 Å². The summed E-state index contributed by atoms with van der Waals surface area (Å²) in [5, 5.41) is 0. The molecule has 5 heteroatoms. The van der Waals surface area contributed by atoms with Crippen LogP contribution < -0.4 is 0 Å². The minimum absolute atomic E-state index is 0.106. The van der Waals surface area contributed by atoms with Crippen LogP contribution in [0.3, 0.4) is 0 Å². The van der Waals surface area contributed by atoms with Gasteiger partial charge in [0.25, 0.3) is 0 Å². The Kier molecular flexibility index (Phi) is 8.50. The smallest absolute Gasteiger partial charge is 0.246 e. The average Bonchev–Trinajstić information content (AvgIpc) is 2.04. The minimum atomic E-state index is 0.106. The lowest BCUT2D eigenvalue weighted by Gasteiger charge is -2.20. The van der Waals surface area contributed by atoms with Crippen LogP contribution in [-0.2, 0) is 13.7 Å². The van der Waals surface area contributed by atoms with Crippen LogP contribution in [0, 0.1) is 0 Å². The first-order valence-corrected chi connectivity index (χ1v) is 4.88. The third-order valence-corrected chi connectivity index (χ3v) is 1.84. The van der Waals surface area contributed by atoms with Crippen molar-refractivity contribution in [2.75, 3.05) is 13.2 Å². The normalized spacial score (nSPS) is 16.0. The van der Waals surface area contributed by atoms with Crippen LogP contribution in [-0.4, -0.2) is 35.9 Å². The predicted octanol–water partition coefficient (Wildman–Crippen LogP) is 1.08. The molecule has 0 heterocycles. The molecule has 0 aliphatic rings. The number of rotatable bonds is 7. The molecule has 0 aliphatic carbocycles. The van der Waals surface area contributed by atoms with Gasteiger partial charge in [-0.2, -0.15) is 0 Å². The van der Waals surface area contributed by atoms with Gasteiger partial charge >= 0.3 is 0 Å². The third-order valence-electron chi connectivity index (χ3n) is 1.48. The second kappa shape index (κ2) is 8.14. The Bertz CT molecular complexity index is 105. The molecule has 3 nitrogen and oxygen atoms in total. The van der Waals surface area contributed by atoms with E-state index in [0.717, 1.165) is 6.42 Å². The van der Waals surface area contributed by atoms with Crippen molar-refractivity contribution >= 4 is 20.0 Å². The Labute approximate surface area is 80.0 Å². The Hall–Kier alpha value is 0.527. The van der Waals surface area contributed by atoms with Crippen LogP contribution >= 0.6 is 9.47 Å². The standard InChI is InChI=1S/C7H16O3PSi/c1-3-7(5-9-12)10-6(2)4-8-11/h6-7H,3-5,11H2,1-2H3/t6-,7-/m1/s1. The van der Waals surface area contributed by atoms with Gasteiger partial charge in [0.2, 0.25) is 10.5 Å². The summed E-state index contributed by atoms with van der Waals surface area (Å²) in [5.41, 5.74) is 0. The van der Waals surface area contributed by atoms with E-state index in [9.17, 15) is 0 Å². The molecule has 71 valence electrons. The fourth-order valence-electron chi connectivity index (χ4n) is 0.850. The molecule has 0 saturated heterocycles. The summed E-state index contributed by atoms with van der Waals surface area (Å²) in [6.45, 7) is 5.18. The van der Waals surface area contributed by atoms with Crippen LogP contribution in [0.4, 0.5) is 0 Å². The van der Waals surface area contributed by atoms with Gasteiger partial charge in [-0.1, -0.05) is 6.92 Å². The van der Waals surface area contributed by atoms with E-state index in [4.69, 9.17) is 13.7 Å². The van der Waals surface area contributed by atoms with Crippen molar-refractivity contribution in [3.8, 4) is 0 Å². The molecule has 0 amide bonds. The Morgan fingerprint density at radius 3 is 2.50 bits per heavy atom. The molecule has 0 N–H and O–H groups in total. The Balaban J connectivity index is 3.53. The molecule has 3 radical (unpaired) electrons. The molecular formula is C7H16O3PSi. The van der Waals surface area contributed by atoms with Gasteiger partial charge in [-0.25, -0.2) is 0 Å². The summed E-state index contributed by atoms with van der Waals surface area (Å²) in [6.07, 6.45) is 1.18. The lowest BCUT2D eigenvalue weighted by Crippen LogP contribution is -2.26.